The zero-order chi connectivity index (χ0) is 11.2. The molecule has 3 heterocycles. The predicted octanol–water partition coefficient (Wildman–Crippen LogP) is 0.581. The second-order valence-corrected chi connectivity index (χ2v) is 3.74. The Labute approximate surface area is 88.9 Å². The van der Waals surface area contributed by atoms with Crippen molar-refractivity contribution < 1.29 is 14.3 Å². The number of carbonyl (C=O) groups is 2. The van der Waals surface area contributed by atoms with Crippen molar-refractivity contribution in [3.8, 4) is 0 Å². The van der Waals surface area contributed by atoms with E-state index in [9.17, 15) is 9.59 Å². The van der Waals surface area contributed by atoms with Crippen molar-refractivity contribution >= 4 is 11.8 Å². The summed E-state index contributed by atoms with van der Waals surface area (Å²) in [6.45, 7) is 4.00. The van der Waals surface area contributed by atoms with E-state index in [1.165, 1.54) is 4.90 Å². The Balaban J connectivity index is 0.000000404. The van der Waals surface area contributed by atoms with Gasteiger partial charge in [0.05, 0.1) is 24.0 Å². The maximum absolute atomic E-state index is 11.6. The van der Waals surface area contributed by atoms with Crippen LogP contribution < -0.4 is 0 Å². The van der Waals surface area contributed by atoms with Crippen molar-refractivity contribution in [1.82, 2.24) is 4.90 Å². The van der Waals surface area contributed by atoms with Gasteiger partial charge in [0, 0.05) is 7.05 Å². The van der Waals surface area contributed by atoms with Crippen LogP contribution in [0.3, 0.4) is 0 Å². The molecule has 3 rings (SSSR count). The lowest BCUT2D eigenvalue weighted by molar-refractivity contribution is -0.140. The van der Waals surface area contributed by atoms with E-state index in [0.717, 1.165) is 0 Å². The van der Waals surface area contributed by atoms with Gasteiger partial charge in [0.1, 0.15) is 0 Å². The summed E-state index contributed by atoms with van der Waals surface area (Å²) in [6.07, 6.45) is 3.46. The van der Waals surface area contributed by atoms with Gasteiger partial charge in [-0.2, -0.15) is 0 Å². The third kappa shape index (κ3) is 1.17. The Morgan fingerprint density at radius 1 is 1.07 bits per heavy atom. The highest BCUT2D eigenvalue weighted by molar-refractivity contribution is 6.06. The van der Waals surface area contributed by atoms with Gasteiger partial charge in [0.2, 0.25) is 11.8 Å². The molecule has 4 nitrogen and oxygen atoms in total. The monoisotopic (exact) mass is 209 g/mol. The minimum Gasteiger partial charge on any atom is -0.365 e. The summed E-state index contributed by atoms with van der Waals surface area (Å²) < 4.78 is 5.45. The number of likely N-dealkylation sites (tertiary alicyclic amines) is 1. The first-order valence-corrected chi connectivity index (χ1v) is 5.35. The van der Waals surface area contributed by atoms with Gasteiger partial charge in [-0.3, -0.25) is 14.5 Å². The number of hydrogen-bond acceptors (Lipinski definition) is 3. The number of hydrogen-bond donors (Lipinski definition) is 0. The quantitative estimate of drug-likeness (QED) is 0.433. The van der Waals surface area contributed by atoms with Gasteiger partial charge in [-0.15, -0.1) is 0 Å². The van der Waals surface area contributed by atoms with Crippen LogP contribution in [-0.2, 0) is 14.3 Å². The van der Waals surface area contributed by atoms with Crippen LogP contribution in [0.2, 0.25) is 0 Å². The average molecular weight is 209 g/mol. The minimum atomic E-state index is -0.243. The summed E-state index contributed by atoms with van der Waals surface area (Å²) in [5.41, 5.74) is 0. The molecular weight excluding hydrogens is 194 g/mol. The van der Waals surface area contributed by atoms with E-state index in [1.54, 1.807) is 7.05 Å². The molecule has 0 aromatic carbocycles. The fraction of sp³-hybridized carbons (Fsp3) is 0.636. The minimum absolute atomic E-state index is 0.0909. The number of carbonyl (C=O) groups excluding carboxylic acids is 2. The van der Waals surface area contributed by atoms with Crippen LogP contribution in [0.25, 0.3) is 0 Å². The van der Waals surface area contributed by atoms with Crippen LogP contribution in [0.1, 0.15) is 13.8 Å². The van der Waals surface area contributed by atoms with Crippen LogP contribution in [-0.4, -0.2) is 36.0 Å². The Kier molecular flexibility index (Phi) is 2.38. The number of fused-ring (bicyclic) bond motifs is 5. The van der Waals surface area contributed by atoms with Crippen molar-refractivity contribution in [2.45, 2.75) is 26.1 Å². The van der Waals surface area contributed by atoms with Gasteiger partial charge >= 0.3 is 0 Å². The van der Waals surface area contributed by atoms with E-state index in [2.05, 4.69) is 0 Å². The van der Waals surface area contributed by atoms with Crippen LogP contribution in [0.15, 0.2) is 12.2 Å². The molecule has 0 aliphatic carbocycles. The maximum atomic E-state index is 11.6. The van der Waals surface area contributed by atoms with Crippen molar-refractivity contribution in [3.05, 3.63) is 12.2 Å². The smallest absolute Gasteiger partial charge is 0.235 e. The predicted molar refractivity (Wildman–Crippen MR) is 53.9 cm³/mol. The molecule has 82 valence electrons. The fourth-order valence-electron chi connectivity index (χ4n) is 2.45. The summed E-state index contributed by atoms with van der Waals surface area (Å²) in [4.78, 5) is 24.4. The Bertz CT molecular complexity index is 307. The second-order valence-electron chi connectivity index (χ2n) is 3.74. The largest absolute Gasteiger partial charge is 0.365 e. The van der Waals surface area contributed by atoms with Gasteiger partial charge in [-0.05, 0) is 0 Å². The van der Waals surface area contributed by atoms with E-state index in [4.69, 9.17) is 4.74 Å². The van der Waals surface area contributed by atoms with E-state index in [-0.39, 0.29) is 35.9 Å². The zero-order valence-corrected chi connectivity index (χ0v) is 9.14. The highest BCUT2D eigenvalue weighted by Gasteiger charge is 2.59. The molecule has 0 saturated carbocycles. The molecule has 2 bridgehead atoms. The topological polar surface area (TPSA) is 46.6 Å². The van der Waals surface area contributed by atoms with E-state index >= 15 is 0 Å². The molecule has 2 fully saturated rings. The van der Waals surface area contributed by atoms with E-state index < -0.39 is 0 Å². The van der Waals surface area contributed by atoms with Crippen molar-refractivity contribution in [2.24, 2.45) is 11.8 Å². The number of rotatable bonds is 0. The summed E-state index contributed by atoms with van der Waals surface area (Å²) in [6, 6.07) is 0. The molecule has 4 unspecified atom stereocenters. The van der Waals surface area contributed by atoms with Crippen LogP contribution >= 0.6 is 0 Å². The average Bonchev–Trinajstić information content (AvgIpc) is 2.92. The van der Waals surface area contributed by atoms with Gasteiger partial charge in [-0.25, -0.2) is 0 Å². The number of nitrogens with zero attached hydrogens (tertiary/aromatic N) is 1. The molecule has 3 aliphatic heterocycles. The highest BCUT2D eigenvalue weighted by atomic mass is 16.5. The number of ether oxygens (including phenoxy) is 1. The van der Waals surface area contributed by atoms with Gasteiger partial charge < -0.3 is 4.74 Å². The molecule has 2 saturated heterocycles. The third-order valence-electron chi connectivity index (χ3n) is 3.13. The molecule has 0 aromatic heterocycles. The van der Waals surface area contributed by atoms with Crippen LogP contribution in [0.5, 0.6) is 0 Å². The Morgan fingerprint density at radius 2 is 1.47 bits per heavy atom. The summed E-state index contributed by atoms with van der Waals surface area (Å²) >= 11 is 0. The number of imide groups is 1. The summed E-state index contributed by atoms with van der Waals surface area (Å²) in [5, 5.41) is 0. The normalized spacial score (nSPS) is 40.6. The lowest BCUT2D eigenvalue weighted by Crippen LogP contribution is -2.30. The SMILES string of the molecule is CC.CN1C(=O)C2C3C=CC(O3)C2C1=O. The highest BCUT2D eigenvalue weighted by Crippen LogP contribution is 2.44. The van der Waals surface area contributed by atoms with Gasteiger partial charge in [0.25, 0.3) is 0 Å². The summed E-state index contributed by atoms with van der Waals surface area (Å²) in [7, 11) is 1.54. The molecule has 4 atom stereocenters. The van der Waals surface area contributed by atoms with Crippen molar-refractivity contribution in [1.29, 1.82) is 0 Å². The molecule has 3 aliphatic rings. The van der Waals surface area contributed by atoms with E-state index in [0.29, 0.717) is 0 Å². The van der Waals surface area contributed by atoms with E-state index in [1.807, 2.05) is 26.0 Å². The second kappa shape index (κ2) is 3.45. The van der Waals surface area contributed by atoms with Crippen molar-refractivity contribution in [3.63, 3.8) is 0 Å². The molecule has 2 amide bonds. The molecule has 15 heavy (non-hydrogen) atoms. The first-order chi connectivity index (χ1) is 7.20. The standard InChI is InChI=1S/C9H9NO3.C2H6/c1-10-8(11)6-4-2-3-5(13-4)7(6)9(10)12;1-2/h2-7H,1H3;1-2H3. The first-order valence-electron chi connectivity index (χ1n) is 5.35. The summed E-state index contributed by atoms with van der Waals surface area (Å²) in [5.74, 6) is -0.668. The van der Waals surface area contributed by atoms with Gasteiger partial charge in [-0.1, -0.05) is 26.0 Å². The van der Waals surface area contributed by atoms with Crippen LogP contribution in [0, 0.1) is 11.8 Å². The lowest BCUT2D eigenvalue weighted by atomic mass is 9.85. The fourth-order valence-corrected chi connectivity index (χ4v) is 2.45. The van der Waals surface area contributed by atoms with Gasteiger partial charge in [0.15, 0.2) is 0 Å². The number of amides is 2. The molecule has 0 N–H and O–H groups in total. The maximum Gasteiger partial charge on any atom is 0.235 e. The molecule has 0 spiro atoms. The molecule has 0 aromatic rings. The zero-order valence-electron chi connectivity index (χ0n) is 9.14. The molecule has 4 heteroatoms. The Morgan fingerprint density at radius 3 is 1.87 bits per heavy atom. The molecule has 0 radical (unpaired) electrons. The molecular formula is C11H15NO3. The Hall–Kier alpha value is -1.16. The van der Waals surface area contributed by atoms with Crippen LogP contribution in [0.4, 0.5) is 0 Å². The first kappa shape index (κ1) is 10.4. The van der Waals surface area contributed by atoms with Crippen molar-refractivity contribution in [2.75, 3.05) is 7.05 Å². The third-order valence-corrected chi connectivity index (χ3v) is 3.13. The lowest BCUT2D eigenvalue weighted by Gasteiger charge is -2.10.